The summed E-state index contributed by atoms with van der Waals surface area (Å²) >= 11 is 5.97. The van der Waals surface area contributed by atoms with Crippen molar-refractivity contribution in [2.45, 2.75) is 57.7 Å². The molecule has 1 aliphatic carbocycles. The van der Waals surface area contributed by atoms with E-state index in [9.17, 15) is 0 Å². The van der Waals surface area contributed by atoms with Crippen LogP contribution in [-0.4, -0.2) is 21.8 Å². The summed E-state index contributed by atoms with van der Waals surface area (Å²) in [6.07, 6.45) is 6.97. The van der Waals surface area contributed by atoms with E-state index >= 15 is 0 Å². The molecular weight excluding hydrogens is 504 g/mol. The zero-order valence-electron chi connectivity index (χ0n) is 22.6. The molecule has 1 N–H and O–H groups in total. The van der Waals surface area contributed by atoms with Crippen LogP contribution < -0.4 is 19.7 Å². The molecule has 39 heavy (non-hydrogen) atoms. The van der Waals surface area contributed by atoms with Crippen molar-refractivity contribution in [1.29, 1.82) is 0 Å². The lowest BCUT2D eigenvalue weighted by atomic mass is 9.96. The van der Waals surface area contributed by atoms with Crippen molar-refractivity contribution < 1.29 is 9.47 Å². The van der Waals surface area contributed by atoms with E-state index in [1.807, 2.05) is 54.7 Å². The van der Waals surface area contributed by atoms with Crippen LogP contribution in [0.3, 0.4) is 0 Å². The van der Waals surface area contributed by atoms with E-state index in [1.54, 1.807) is 7.11 Å². The quantitative estimate of drug-likeness (QED) is 0.245. The van der Waals surface area contributed by atoms with E-state index in [-0.39, 0.29) is 12.1 Å². The Kier molecular flexibility index (Phi) is 7.00. The summed E-state index contributed by atoms with van der Waals surface area (Å²) in [7, 11) is 1.66. The molecule has 1 aliphatic heterocycles. The Hall–Kier alpha value is -3.84. The number of aromatic nitrogens is 2. The molecule has 4 aromatic rings. The summed E-state index contributed by atoms with van der Waals surface area (Å²) in [5.74, 6) is 2.32. The van der Waals surface area contributed by atoms with E-state index in [4.69, 9.17) is 26.7 Å². The van der Waals surface area contributed by atoms with Crippen LogP contribution in [0.5, 0.6) is 17.2 Å². The first-order chi connectivity index (χ1) is 19.0. The van der Waals surface area contributed by atoms with Crippen molar-refractivity contribution >= 4 is 23.0 Å². The monoisotopic (exact) mass is 538 g/mol. The Balaban J connectivity index is 1.35. The number of anilines is 1. The predicted octanol–water partition coefficient (Wildman–Crippen LogP) is 7.59. The maximum absolute atomic E-state index is 6.08. The van der Waals surface area contributed by atoms with Gasteiger partial charge in [0.15, 0.2) is 5.11 Å². The second kappa shape index (κ2) is 10.7. The molecule has 2 aromatic carbocycles. The summed E-state index contributed by atoms with van der Waals surface area (Å²) in [6, 6.07) is 24.7. The molecule has 0 unspecified atom stereocenters. The molecule has 0 spiro atoms. The van der Waals surface area contributed by atoms with Crippen LogP contribution >= 0.6 is 12.2 Å². The Labute approximate surface area is 235 Å². The van der Waals surface area contributed by atoms with E-state index in [0.717, 1.165) is 28.6 Å². The van der Waals surface area contributed by atoms with Crippen molar-refractivity contribution in [3.05, 3.63) is 102 Å². The van der Waals surface area contributed by atoms with E-state index in [0.29, 0.717) is 11.2 Å². The minimum Gasteiger partial charge on any atom is -0.497 e. The minimum atomic E-state index is -0.0635. The van der Waals surface area contributed by atoms with Gasteiger partial charge in [-0.2, -0.15) is 0 Å². The SMILES string of the molecule is COc1ccc(Oc2ccc(N3C(=S)N[C@H](c4ccccn4)[C@@H]3c3cc(C)n(C4CCCC4)c3C)cc2)cc1. The highest BCUT2D eigenvalue weighted by Gasteiger charge is 2.42. The van der Waals surface area contributed by atoms with Gasteiger partial charge in [-0.15, -0.1) is 0 Å². The number of hydrogen-bond acceptors (Lipinski definition) is 4. The van der Waals surface area contributed by atoms with Gasteiger partial charge in [0.2, 0.25) is 0 Å². The maximum atomic E-state index is 6.08. The van der Waals surface area contributed by atoms with Gasteiger partial charge in [-0.25, -0.2) is 0 Å². The normalized spacial score (nSPS) is 19.4. The van der Waals surface area contributed by atoms with Gasteiger partial charge in [0, 0.05) is 29.3 Å². The average molecular weight is 539 g/mol. The van der Waals surface area contributed by atoms with Crippen molar-refractivity contribution in [1.82, 2.24) is 14.9 Å². The summed E-state index contributed by atoms with van der Waals surface area (Å²) in [5, 5.41) is 4.30. The van der Waals surface area contributed by atoms with Crippen LogP contribution in [0, 0.1) is 13.8 Å². The number of nitrogens with one attached hydrogen (secondary N) is 1. The number of aryl methyl sites for hydroxylation is 1. The van der Waals surface area contributed by atoms with Crippen LogP contribution in [0.1, 0.15) is 66.5 Å². The van der Waals surface area contributed by atoms with Gasteiger partial charge < -0.3 is 24.3 Å². The number of ether oxygens (including phenoxy) is 2. The molecule has 2 fully saturated rings. The van der Waals surface area contributed by atoms with Gasteiger partial charge in [-0.05, 0) is 111 Å². The van der Waals surface area contributed by atoms with Crippen molar-refractivity contribution in [3.8, 4) is 17.2 Å². The molecule has 2 aromatic heterocycles. The van der Waals surface area contributed by atoms with Gasteiger partial charge in [0.05, 0.1) is 24.9 Å². The molecule has 6 nitrogen and oxygen atoms in total. The standard InChI is InChI=1S/C32H34N4O2S/c1-21-20-28(22(2)35(21)23-8-4-5-9-23)31-30(29-10-6-7-19-33-29)34-32(39)36(31)24-11-13-26(14-12-24)38-27-17-15-25(37-3)16-18-27/h6-7,10-20,23,30-31H,4-5,8-9H2,1-3H3,(H,34,39)/t30-,31+/m1/s1. The largest absolute Gasteiger partial charge is 0.497 e. The molecule has 0 radical (unpaired) electrons. The summed E-state index contributed by atoms with van der Waals surface area (Å²) in [4.78, 5) is 6.97. The Morgan fingerprint density at radius 1 is 0.897 bits per heavy atom. The lowest BCUT2D eigenvalue weighted by molar-refractivity contribution is 0.413. The number of nitrogens with zero attached hydrogens (tertiary/aromatic N) is 3. The smallest absolute Gasteiger partial charge is 0.174 e. The molecule has 0 amide bonds. The van der Waals surface area contributed by atoms with Crippen molar-refractivity contribution in [2.24, 2.45) is 0 Å². The van der Waals surface area contributed by atoms with Crippen LogP contribution in [0.25, 0.3) is 0 Å². The van der Waals surface area contributed by atoms with Gasteiger partial charge >= 0.3 is 0 Å². The third-order valence-corrected chi connectivity index (χ3v) is 8.35. The molecule has 7 heteroatoms. The lowest BCUT2D eigenvalue weighted by Crippen LogP contribution is -2.29. The fraction of sp³-hybridized carbons (Fsp3) is 0.312. The second-order valence-corrected chi connectivity index (χ2v) is 10.8. The Bertz CT molecular complexity index is 1440. The van der Waals surface area contributed by atoms with E-state index in [2.05, 4.69) is 52.9 Å². The third-order valence-electron chi connectivity index (χ3n) is 8.04. The Morgan fingerprint density at radius 2 is 1.56 bits per heavy atom. The van der Waals surface area contributed by atoms with Gasteiger partial charge in [0.25, 0.3) is 0 Å². The molecule has 1 saturated heterocycles. The highest BCUT2D eigenvalue weighted by molar-refractivity contribution is 7.80. The topological polar surface area (TPSA) is 51.6 Å². The lowest BCUT2D eigenvalue weighted by Gasteiger charge is -2.28. The van der Waals surface area contributed by atoms with Gasteiger partial charge in [-0.1, -0.05) is 18.9 Å². The molecule has 6 rings (SSSR count). The van der Waals surface area contributed by atoms with Crippen LogP contribution in [-0.2, 0) is 0 Å². The predicted molar refractivity (Wildman–Crippen MR) is 159 cm³/mol. The number of benzene rings is 2. The number of methoxy groups -OCH3 is 1. The number of rotatable bonds is 7. The zero-order valence-corrected chi connectivity index (χ0v) is 23.4. The van der Waals surface area contributed by atoms with Crippen LogP contribution in [0.4, 0.5) is 5.69 Å². The van der Waals surface area contributed by atoms with Crippen LogP contribution in [0.2, 0.25) is 0 Å². The molecular formula is C32H34N4O2S. The van der Waals surface area contributed by atoms with Gasteiger partial charge in [-0.3, -0.25) is 4.98 Å². The number of pyridine rings is 1. The number of thiocarbonyl (C=S) groups is 1. The molecule has 0 bridgehead atoms. The van der Waals surface area contributed by atoms with Crippen molar-refractivity contribution in [2.75, 3.05) is 12.0 Å². The molecule has 3 heterocycles. The first-order valence-corrected chi connectivity index (χ1v) is 14.1. The minimum absolute atomic E-state index is 0.0258. The van der Waals surface area contributed by atoms with E-state index < -0.39 is 0 Å². The van der Waals surface area contributed by atoms with Crippen molar-refractivity contribution in [3.63, 3.8) is 0 Å². The second-order valence-electron chi connectivity index (χ2n) is 10.4. The fourth-order valence-electron chi connectivity index (χ4n) is 6.23. The summed E-state index contributed by atoms with van der Waals surface area (Å²) < 4.78 is 13.9. The third kappa shape index (κ3) is 4.87. The summed E-state index contributed by atoms with van der Waals surface area (Å²) in [6.45, 7) is 4.50. The van der Waals surface area contributed by atoms with Crippen LogP contribution in [0.15, 0.2) is 79.0 Å². The first kappa shape index (κ1) is 25.4. The van der Waals surface area contributed by atoms with E-state index in [1.165, 1.54) is 42.6 Å². The fourth-order valence-corrected chi connectivity index (χ4v) is 6.58. The highest BCUT2D eigenvalue weighted by atomic mass is 32.1. The Morgan fingerprint density at radius 3 is 2.21 bits per heavy atom. The highest BCUT2D eigenvalue weighted by Crippen LogP contribution is 2.45. The first-order valence-electron chi connectivity index (χ1n) is 13.6. The number of hydrogen-bond donors (Lipinski definition) is 1. The molecule has 2 aliphatic rings. The maximum Gasteiger partial charge on any atom is 0.174 e. The molecule has 1 saturated carbocycles. The average Bonchev–Trinajstić information content (AvgIpc) is 3.68. The molecule has 2 atom stereocenters. The summed E-state index contributed by atoms with van der Waals surface area (Å²) in [5.41, 5.74) is 5.93. The zero-order chi connectivity index (χ0) is 26.9. The molecule has 200 valence electrons. The van der Waals surface area contributed by atoms with Gasteiger partial charge in [0.1, 0.15) is 17.2 Å².